The molecule has 0 spiro atoms. The Kier molecular flexibility index (Phi) is 33.4. The predicted molar refractivity (Wildman–Crippen MR) is 232 cm³/mol. The highest BCUT2D eigenvalue weighted by Gasteiger charge is 1.96. The van der Waals surface area contributed by atoms with Crippen molar-refractivity contribution in [3.05, 3.63) is 170 Å². The first kappa shape index (κ1) is 52.0. The molecular formula is C44H54O10P2. The van der Waals surface area contributed by atoms with Gasteiger partial charge in [0, 0.05) is 24.5 Å². The van der Waals surface area contributed by atoms with Crippen molar-refractivity contribution >= 4 is 39.7 Å². The van der Waals surface area contributed by atoms with Crippen molar-refractivity contribution in [2.75, 3.05) is 12.3 Å². The quantitative estimate of drug-likeness (QED) is 0.0796. The van der Waals surface area contributed by atoms with Crippen LogP contribution in [0, 0.1) is 0 Å². The lowest BCUT2D eigenvalue weighted by Crippen LogP contribution is -1.93. The number of carboxylic acids is 2. The third kappa shape index (κ3) is 36.3. The number of aliphatic carboxylic acids is 2. The Labute approximate surface area is 333 Å². The Balaban J connectivity index is 0. The molecule has 0 radical (unpaired) electrons. The second kappa shape index (κ2) is 35.9. The molecule has 8 N–H and O–H groups in total. The Morgan fingerprint density at radius 1 is 0.375 bits per heavy atom. The fourth-order valence-corrected chi connectivity index (χ4v) is 5.06. The van der Waals surface area contributed by atoms with Gasteiger partial charge in [0.25, 0.3) is 11.9 Å². The molecule has 0 fully saturated rings. The number of aromatic hydroxyl groups is 6. The van der Waals surface area contributed by atoms with Crippen LogP contribution in [0.1, 0.15) is 27.7 Å². The highest BCUT2D eigenvalue weighted by atomic mass is 31.1. The number of phenols is 6. The summed E-state index contributed by atoms with van der Waals surface area (Å²) in [6, 6.07) is 49.9. The number of hydrogen-bond acceptors (Lipinski definition) is 8. The summed E-state index contributed by atoms with van der Waals surface area (Å²) in [6.45, 7) is 6.40. The Morgan fingerprint density at radius 3 is 0.696 bits per heavy atom. The fourth-order valence-electron chi connectivity index (χ4n) is 3.34. The molecule has 2 unspecified atom stereocenters. The van der Waals surface area contributed by atoms with Gasteiger partial charge in [-0.3, -0.25) is 9.59 Å². The summed E-state index contributed by atoms with van der Waals surface area (Å²) in [4.78, 5) is 18.0. The minimum absolute atomic E-state index is 0.322. The van der Waals surface area contributed by atoms with Crippen LogP contribution < -0.4 is 10.6 Å². The van der Waals surface area contributed by atoms with Gasteiger partial charge in [-0.25, -0.2) is 0 Å². The molecule has 0 amide bonds. The van der Waals surface area contributed by atoms with Crippen molar-refractivity contribution in [3.63, 3.8) is 0 Å². The van der Waals surface area contributed by atoms with Crippen LogP contribution in [0.4, 0.5) is 0 Å². The maximum absolute atomic E-state index is 9.25. The van der Waals surface area contributed by atoms with Crippen LogP contribution in [0.25, 0.3) is 0 Å². The highest BCUT2D eigenvalue weighted by Crippen LogP contribution is 2.17. The van der Waals surface area contributed by atoms with Crippen LogP contribution in [0.3, 0.4) is 0 Å². The Bertz CT molecular complexity index is 1580. The summed E-state index contributed by atoms with van der Waals surface area (Å²) >= 11 is 0. The summed E-state index contributed by atoms with van der Waals surface area (Å²) in [6.07, 6.45) is 2.22. The van der Waals surface area contributed by atoms with Crippen molar-refractivity contribution in [1.82, 2.24) is 0 Å². The predicted octanol–water partition coefficient (Wildman–Crippen LogP) is 9.18. The zero-order chi connectivity index (χ0) is 42.4. The fraction of sp³-hybridized carbons (Fsp3) is 0.136. The first-order valence-electron chi connectivity index (χ1n) is 17.1. The zero-order valence-corrected chi connectivity index (χ0v) is 34.0. The third-order valence-electron chi connectivity index (χ3n) is 5.57. The van der Waals surface area contributed by atoms with Gasteiger partial charge in [-0.1, -0.05) is 140 Å². The van der Waals surface area contributed by atoms with E-state index in [1.165, 1.54) is 0 Å². The molecule has 6 rings (SSSR count). The van der Waals surface area contributed by atoms with Crippen molar-refractivity contribution in [3.8, 4) is 34.5 Å². The van der Waals surface area contributed by atoms with Gasteiger partial charge in [0.15, 0.2) is 0 Å². The van der Waals surface area contributed by atoms with Crippen LogP contribution in [-0.2, 0) is 9.59 Å². The number of rotatable bonds is 4. The van der Waals surface area contributed by atoms with E-state index < -0.39 is 11.9 Å². The van der Waals surface area contributed by atoms with Crippen molar-refractivity contribution in [1.29, 1.82) is 0 Å². The van der Waals surface area contributed by atoms with Crippen LogP contribution in [0.15, 0.2) is 170 Å². The second-order valence-electron chi connectivity index (χ2n) is 10.5. The van der Waals surface area contributed by atoms with E-state index >= 15 is 0 Å². The second-order valence-corrected chi connectivity index (χ2v) is 13.7. The number of carboxylic acid groups (broad SMARTS) is 2. The van der Waals surface area contributed by atoms with Crippen LogP contribution in [0.5, 0.6) is 34.5 Å². The number of benzene rings is 6. The molecule has 300 valence electrons. The lowest BCUT2D eigenvalue weighted by atomic mass is 10.3. The summed E-state index contributed by atoms with van der Waals surface area (Å²) in [5.74, 6) is 0.486. The molecule has 0 heterocycles. The topological polar surface area (TPSA) is 196 Å². The first-order valence-corrected chi connectivity index (χ1v) is 19.5. The van der Waals surface area contributed by atoms with E-state index in [4.69, 9.17) is 40.2 Å². The van der Waals surface area contributed by atoms with E-state index in [0.717, 1.165) is 53.9 Å². The number of carbonyl (C=O) groups is 2. The first-order chi connectivity index (χ1) is 26.7. The average molecular weight is 805 g/mol. The maximum Gasteiger partial charge on any atom is 0.300 e. The lowest BCUT2D eigenvalue weighted by Gasteiger charge is -1.99. The van der Waals surface area contributed by atoms with E-state index in [2.05, 4.69) is 13.8 Å². The van der Waals surface area contributed by atoms with Gasteiger partial charge in [0.2, 0.25) is 0 Å². The monoisotopic (exact) mass is 804 g/mol. The Morgan fingerprint density at radius 2 is 0.554 bits per heavy atom. The normalized spacial score (nSPS) is 9.07. The van der Waals surface area contributed by atoms with E-state index in [1.807, 2.05) is 60.7 Å². The minimum Gasteiger partial charge on any atom is -0.508 e. The number of hydrogen-bond donors (Lipinski definition) is 8. The maximum atomic E-state index is 9.25. The molecule has 2 atom stereocenters. The smallest absolute Gasteiger partial charge is 0.300 e. The van der Waals surface area contributed by atoms with Gasteiger partial charge in [-0.05, 0) is 73.0 Å². The van der Waals surface area contributed by atoms with Crippen LogP contribution in [0.2, 0.25) is 0 Å². The summed E-state index contributed by atoms with van der Waals surface area (Å²) in [5, 5.41) is 70.0. The molecule has 56 heavy (non-hydrogen) atoms. The summed E-state index contributed by atoms with van der Waals surface area (Å²) in [7, 11) is 1.47. The highest BCUT2D eigenvalue weighted by molar-refractivity contribution is 7.47. The van der Waals surface area contributed by atoms with E-state index in [0.29, 0.717) is 34.5 Å². The van der Waals surface area contributed by atoms with E-state index in [-0.39, 0.29) is 0 Å². The van der Waals surface area contributed by atoms with Gasteiger partial charge in [0.05, 0.1) is 0 Å². The van der Waals surface area contributed by atoms with Gasteiger partial charge in [-0.15, -0.1) is 0 Å². The largest absolute Gasteiger partial charge is 0.508 e. The molecule has 0 aliphatic carbocycles. The minimum atomic E-state index is -0.833. The SMILES string of the molecule is CC(=O)O.CC(=O)O.CCPc1ccccc1O.CCPc1ccccc1O.Oc1ccccc1.Oc1ccccc1.Oc1ccccc1.Oc1ccccc1. The van der Waals surface area contributed by atoms with E-state index in [9.17, 15) is 10.2 Å². The van der Waals surface area contributed by atoms with Gasteiger partial charge < -0.3 is 40.9 Å². The number of phenolic OH excluding ortho intramolecular Hbond substituents is 6. The standard InChI is InChI=1S/2C8H11OP.4C6H6O.2C2H4O2/c2*1-2-10-8-6-4-3-5-7(8)9;4*7-6-4-2-1-3-5-6;2*1-2(3)4/h2*3-6,9-10H,2H2,1H3;4*1-5,7H;2*1H3,(H,3,4). The van der Waals surface area contributed by atoms with Crippen molar-refractivity contribution in [2.24, 2.45) is 0 Å². The zero-order valence-electron chi connectivity index (χ0n) is 32.0. The van der Waals surface area contributed by atoms with Gasteiger partial charge in [0.1, 0.15) is 34.5 Å². The van der Waals surface area contributed by atoms with Crippen molar-refractivity contribution in [2.45, 2.75) is 27.7 Å². The molecule has 12 heteroatoms. The third-order valence-corrected chi connectivity index (χ3v) is 7.88. The molecule has 0 saturated carbocycles. The lowest BCUT2D eigenvalue weighted by molar-refractivity contribution is -0.135. The van der Waals surface area contributed by atoms with Crippen LogP contribution >= 0.6 is 17.2 Å². The summed E-state index contributed by atoms with van der Waals surface area (Å²) in [5.41, 5.74) is 0. The molecular weight excluding hydrogens is 750 g/mol. The van der Waals surface area contributed by atoms with E-state index in [1.54, 1.807) is 109 Å². The molecule has 0 aliphatic heterocycles. The van der Waals surface area contributed by atoms with Crippen molar-refractivity contribution < 1.29 is 50.4 Å². The molecule has 0 aromatic heterocycles. The molecule has 0 bridgehead atoms. The van der Waals surface area contributed by atoms with Crippen LogP contribution in [-0.4, -0.2) is 65.1 Å². The molecule has 6 aromatic rings. The molecule has 0 aliphatic rings. The molecule has 0 saturated heterocycles. The van der Waals surface area contributed by atoms with Gasteiger partial charge >= 0.3 is 0 Å². The van der Waals surface area contributed by atoms with Gasteiger partial charge in [-0.2, -0.15) is 0 Å². The Hall–Kier alpha value is -6.08. The number of para-hydroxylation sites is 6. The average Bonchev–Trinajstić information content (AvgIpc) is 3.16. The summed E-state index contributed by atoms with van der Waals surface area (Å²) < 4.78 is 0. The molecule has 6 aromatic carbocycles. The molecule has 10 nitrogen and oxygen atoms in total.